The quantitative estimate of drug-likeness (QED) is 0.163. The maximum Gasteiger partial charge on any atom is 0.340 e. The zero-order chi connectivity index (χ0) is 28.2. The number of hydrogen-bond acceptors (Lipinski definition) is 8. The topological polar surface area (TPSA) is 97.4 Å². The van der Waals surface area contributed by atoms with Gasteiger partial charge in [0.15, 0.2) is 5.60 Å². The minimum atomic E-state index is -1.26. The Morgan fingerprint density at radius 2 is 1.45 bits per heavy atom. The van der Waals surface area contributed by atoms with Gasteiger partial charge in [0.25, 0.3) is 6.47 Å². The molecule has 8 heteroatoms. The van der Waals surface area contributed by atoms with Crippen molar-refractivity contribution in [2.75, 3.05) is 0 Å². The molecule has 0 aliphatic carbocycles. The van der Waals surface area contributed by atoms with Crippen LogP contribution in [-0.4, -0.2) is 18.4 Å². The van der Waals surface area contributed by atoms with Crippen molar-refractivity contribution >= 4 is 18.4 Å². The third-order valence-electron chi connectivity index (χ3n) is 7.00. The predicted octanol–water partition coefficient (Wildman–Crippen LogP) is 6.43. The van der Waals surface area contributed by atoms with Crippen LogP contribution in [-0.2, 0) is 19.9 Å². The first kappa shape index (κ1) is 25.2. The molecular weight excluding hydrogens is 512 g/mol. The Labute approximate surface area is 230 Å². The Kier molecular flexibility index (Phi) is 5.84. The second-order valence-corrected chi connectivity index (χ2v) is 9.83. The van der Waals surface area contributed by atoms with Crippen LogP contribution in [0.15, 0.2) is 66.7 Å². The average molecular weight is 537 g/mol. The molecule has 0 amide bonds. The number of carbonyl (C=O) groups excluding carboxylic acids is 3. The standard InChI is InChI=1S/C32H24O8/c1-17-5-8-26-28(11-17)39-29-15-22(38-23-12-18(2)30(19(3)13-23)37-20(4)34)7-10-27(29)32(26)25-9-6-21(36-16-33)14-24(25)31(35)40-32/h5-16H,1-4H3. The molecule has 0 N–H and O–H groups in total. The molecule has 2 aliphatic heterocycles. The third-order valence-corrected chi connectivity index (χ3v) is 7.00. The van der Waals surface area contributed by atoms with Gasteiger partial charge in [-0.2, -0.15) is 0 Å². The summed E-state index contributed by atoms with van der Waals surface area (Å²) in [5, 5.41) is 0. The van der Waals surface area contributed by atoms with Crippen molar-refractivity contribution in [2.45, 2.75) is 33.3 Å². The van der Waals surface area contributed by atoms with Crippen LogP contribution < -0.4 is 18.9 Å². The van der Waals surface area contributed by atoms with E-state index < -0.39 is 17.5 Å². The Morgan fingerprint density at radius 3 is 2.15 bits per heavy atom. The van der Waals surface area contributed by atoms with E-state index in [1.165, 1.54) is 13.0 Å². The maximum absolute atomic E-state index is 13.2. The molecule has 200 valence electrons. The van der Waals surface area contributed by atoms with Crippen molar-refractivity contribution in [1.29, 1.82) is 0 Å². The van der Waals surface area contributed by atoms with Gasteiger partial charge in [0, 0.05) is 29.7 Å². The highest BCUT2D eigenvalue weighted by Crippen LogP contribution is 2.57. The molecule has 8 nitrogen and oxygen atoms in total. The molecule has 0 fully saturated rings. The lowest BCUT2D eigenvalue weighted by Crippen LogP contribution is -2.33. The number of carbonyl (C=O) groups is 3. The number of hydrogen-bond donors (Lipinski definition) is 0. The van der Waals surface area contributed by atoms with Gasteiger partial charge in [-0.25, -0.2) is 4.79 Å². The first-order chi connectivity index (χ1) is 19.2. The molecule has 0 saturated carbocycles. The maximum atomic E-state index is 13.2. The van der Waals surface area contributed by atoms with Crippen LogP contribution in [0.2, 0.25) is 0 Å². The van der Waals surface area contributed by atoms with Crippen LogP contribution >= 0.6 is 0 Å². The minimum absolute atomic E-state index is 0.244. The lowest BCUT2D eigenvalue weighted by atomic mass is 9.77. The van der Waals surface area contributed by atoms with Crippen molar-refractivity contribution in [3.05, 3.63) is 106 Å². The summed E-state index contributed by atoms with van der Waals surface area (Å²) in [6, 6.07) is 19.5. The summed E-state index contributed by atoms with van der Waals surface area (Å²) in [6.07, 6.45) is 0. The molecule has 40 heavy (non-hydrogen) atoms. The summed E-state index contributed by atoms with van der Waals surface area (Å²) in [5.41, 5.74) is 3.46. The molecule has 1 unspecified atom stereocenters. The van der Waals surface area contributed by atoms with Crippen molar-refractivity contribution in [3.8, 4) is 34.5 Å². The van der Waals surface area contributed by atoms with Crippen molar-refractivity contribution in [2.24, 2.45) is 0 Å². The summed E-state index contributed by atoms with van der Waals surface area (Å²) >= 11 is 0. The molecule has 6 rings (SSSR count). The number of rotatable bonds is 5. The Balaban J connectivity index is 1.45. The van der Waals surface area contributed by atoms with Crippen molar-refractivity contribution in [1.82, 2.24) is 0 Å². The molecule has 0 bridgehead atoms. The normalized spacial score (nSPS) is 16.2. The fourth-order valence-corrected chi connectivity index (χ4v) is 5.40. The van der Waals surface area contributed by atoms with Crippen LogP contribution in [0.25, 0.3) is 0 Å². The molecule has 2 heterocycles. The number of benzene rings is 4. The first-order valence-electron chi connectivity index (χ1n) is 12.6. The molecule has 2 aliphatic rings. The monoisotopic (exact) mass is 536 g/mol. The summed E-state index contributed by atoms with van der Waals surface area (Å²) in [5.74, 6) is 1.91. The van der Waals surface area contributed by atoms with Gasteiger partial charge in [0.1, 0.15) is 34.5 Å². The van der Waals surface area contributed by atoms with E-state index >= 15 is 0 Å². The van der Waals surface area contributed by atoms with E-state index in [4.69, 9.17) is 23.7 Å². The van der Waals surface area contributed by atoms with Gasteiger partial charge in [0.05, 0.1) is 5.56 Å². The first-order valence-corrected chi connectivity index (χ1v) is 12.6. The summed E-state index contributed by atoms with van der Waals surface area (Å²) in [6.45, 7) is 7.31. The largest absolute Gasteiger partial charge is 0.457 e. The number of esters is 2. The molecule has 0 saturated heterocycles. The van der Waals surface area contributed by atoms with E-state index in [9.17, 15) is 14.4 Å². The van der Waals surface area contributed by atoms with Crippen molar-refractivity contribution in [3.63, 3.8) is 0 Å². The van der Waals surface area contributed by atoms with Crippen LogP contribution in [0.4, 0.5) is 0 Å². The van der Waals surface area contributed by atoms with Gasteiger partial charge in [-0.15, -0.1) is 0 Å². The van der Waals surface area contributed by atoms with E-state index in [-0.39, 0.29) is 5.75 Å². The smallest absolute Gasteiger partial charge is 0.340 e. The molecule has 1 atom stereocenters. The summed E-state index contributed by atoms with van der Waals surface area (Å²) < 4.78 is 29.0. The fraction of sp³-hybridized carbons (Fsp3) is 0.156. The second kappa shape index (κ2) is 9.27. The molecular formula is C32H24O8. The lowest BCUT2D eigenvalue weighted by Gasteiger charge is -2.36. The highest BCUT2D eigenvalue weighted by molar-refractivity contribution is 5.97. The predicted molar refractivity (Wildman–Crippen MR) is 143 cm³/mol. The minimum Gasteiger partial charge on any atom is -0.457 e. The molecule has 0 aromatic heterocycles. The second-order valence-electron chi connectivity index (χ2n) is 9.83. The molecule has 4 aromatic carbocycles. The fourth-order valence-electron chi connectivity index (χ4n) is 5.40. The van der Waals surface area contributed by atoms with Gasteiger partial charge < -0.3 is 23.7 Å². The van der Waals surface area contributed by atoms with Crippen LogP contribution in [0.1, 0.15) is 50.7 Å². The molecule has 1 spiro atoms. The average Bonchev–Trinajstić information content (AvgIpc) is 3.18. The zero-order valence-electron chi connectivity index (χ0n) is 22.2. The van der Waals surface area contributed by atoms with Gasteiger partial charge in [-0.05, 0) is 86.0 Å². The van der Waals surface area contributed by atoms with Crippen molar-refractivity contribution < 1.29 is 38.1 Å². The van der Waals surface area contributed by atoms with Crippen LogP contribution in [0.3, 0.4) is 0 Å². The highest BCUT2D eigenvalue weighted by atomic mass is 16.6. The zero-order valence-corrected chi connectivity index (χ0v) is 22.2. The number of fused-ring (bicyclic) bond motifs is 6. The number of aryl methyl sites for hydroxylation is 3. The van der Waals surface area contributed by atoms with E-state index in [0.29, 0.717) is 57.5 Å². The number of ether oxygens (including phenoxy) is 5. The Hall–Kier alpha value is -5.11. The van der Waals surface area contributed by atoms with Gasteiger partial charge in [-0.1, -0.05) is 12.1 Å². The Morgan fingerprint density at radius 1 is 0.800 bits per heavy atom. The third kappa shape index (κ3) is 3.96. The van der Waals surface area contributed by atoms with Gasteiger partial charge >= 0.3 is 11.9 Å². The SMILES string of the molecule is CC(=O)Oc1c(C)cc(Oc2ccc3c(c2)Oc2cc(C)ccc2C32OC(=O)c3cc(OC=O)ccc32)cc1C. The Bertz CT molecular complexity index is 1710. The van der Waals surface area contributed by atoms with E-state index in [2.05, 4.69) is 0 Å². The molecule has 4 aromatic rings. The van der Waals surface area contributed by atoms with Gasteiger partial charge in [0.2, 0.25) is 0 Å². The summed E-state index contributed by atoms with van der Waals surface area (Å²) in [4.78, 5) is 35.5. The molecule has 0 radical (unpaired) electrons. The van der Waals surface area contributed by atoms with Crippen LogP contribution in [0.5, 0.6) is 34.5 Å². The highest BCUT2D eigenvalue weighted by Gasteiger charge is 2.53. The van der Waals surface area contributed by atoms with Crippen LogP contribution in [0, 0.1) is 20.8 Å². The summed E-state index contributed by atoms with van der Waals surface area (Å²) in [7, 11) is 0. The van der Waals surface area contributed by atoms with E-state index in [1.807, 2.05) is 45.0 Å². The van der Waals surface area contributed by atoms with Gasteiger partial charge in [-0.3, -0.25) is 9.59 Å². The van der Waals surface area contributed by atoms with E-state index in [0.717, 1.165) is 16.7 Å². The lowest BCUT2D eigenvalue weighted by molar-refractivity contribution is -0.132. The van der Waals surface area contributed by atoms with E-state index in [1.54, 1.807) is 36.4 Å².